The Morgan fingerprint density at radius 1 is 1.55 bits per heavy atom. The SMILES string of the molecule is Cc1cc(C(=O)C2/C(=N\O)CCN(C(=O)O)[C@H]2C)no1. The topological polar surface area (TPSA) is 116 Å². The number of hydrogen-bond donors (Lipinski definition) is 2. The van der Waals surface area contributed by atoms with Crippen molar-refractivity contribution in [3.63, 3.8) is 0 Å². The molecular formula is C12H15N3O5. The van der Waals surface area contributed by atoms with E-state index in [1.54, 1.807) is 13.8 Å². The van der Waals surface area contributed by atoms with Crippen molar-refractivity contribution >= 4 is 17.6 Å². The second kappa shape index (κ2) is 5.32. The molecule has 0 bridgehead atoms. The molecule has 0 radical (unpaired) electrons. The number of carboxylic acid groups (broad SMARTS) is 1. The quantitative estimate of drug-likeness (QED) is 0.480. The number of carbonyl (C=O) groups excluding carboxylic acids is 1. The molecule has 0 saturated carbocycles. The number of aryl methyl sites for hydroxylation is 1. The van der Waals surface area contributed by atoms with Crippen LogP contribution in [0.15, 0.2) is 15.7 Å². The van der Waals surface area contributed by atoms with Gasteiger partial charge in [-0.15, -0.1) is 0 Å². The van der Waals surface area contributed by atoms with Gasteiger partial charge in [0.15, 0.2) is 11.5 Å². The van der Waals surface area contributed by atoms with Gasteiger partial charge in [-0.05, 0) is 13.8 Å². The van der Waals surface area contributed by atoms with E-state index in [-0.39, 0.29) is 24.4 Å². The van der Waals surface area contributed by atoms with Gasteiger partial charge in [-0.2, -0.15) is 0 Å². The Kier molecular flexibility index (Phi) is 3.73. The lowest BCUT2D eigenvalue weighted by Crippen LogP contribution is -2.52. The Morgan fingerprint density at radius 3 is 2.75 bits per heavy atom. The molecule has 8 nitrogen and oxygen atoms in total. The van der Waals surface area contributed by atoms with Crippen LogP contribution in [-0.2, 0) is 0 Å². The van der Waals surface area contributed by atoms with Gasteiger partial charge in [-0.3, -0.25) is 4.79 Å². The number of oxime groups is 1. The molecule has 108 valence electrons. The second-order valence-electron chi connectivity index (χ2n) is 4.72. The largest absolute Gasteiger partial charge is 0.465 e. The Bertz CT molecular complexity index is 565. The number of piperidine rings is 1. The summed E-state index contributed by atoms with van der Waals surface area (Å²) in [6.45, 7) is 3.45. The summed E-state index contributed by atoms with van der Waals surface area (Å²) in [5.41, 5.74) is 0.369. The van der Waals surface area contributed by atoms with E-state index in [4.69, 9.17) is 14.8 Å². The highest BCUT2D eigenvalue weighted by Gasteiger charge is 2.41. The Morgan fingerprint density at radius 2 is 2.25 bits per heavy atom. The molecule has 0 aromatic carbocycles. The van der Waals surface area contributed by atoms with E-state index in [1.165, 1.54) is 6.07 Å². The fraction of sp³-hybridized carbons (Fsp3) is 0.500. The summed E-state index contributed by atoms with van der Waals surface area (Å²) < 4.78 is 4.85. The Labute approximate surface area is 114 Å². The second-order valence-corrected chi connectivity index (χ2v) is 4.72. The van der Waals surface area contributed by atoms with Crippen molar-refractivity contribution in [2.75, 3.05) is 6.54 Å². The maximum Gasteiger partial charge on any atom is 0.407 e. The number of carbonyl (C=O) groups is 2. The molecule has 1 saturated heterocycles. The Hall–Kier alpha value is -2.38. The Balaban J connectivity index is 2.33. The van der Waals surface area contributed by atoms with Crippen molar-refractivity contribution in [2.24, 2.45) is 11.1 Å². The molecule has 2 heterocycles. The van der Waals surface area contributed by atoms with Crippen LogP contribution in [0.1, 0.15) is 29.6 Å². The van der Waals surface area contributed by atoms with Gasteiger partial charge in [0.25, 0.3) is 0 Å². The summed E-state index contributed by atoms with van der Waals surface area (Å²) in [5.74, 6) is -0.781. The maximum atomic E-state index is 12.4. The number of rotatable bonds is 2. The predicted molar refractivity (Wildman–Crippen MR) is 67.1 cm³/mol. The fourth-order valence-electron chi connectivity index (χ4n) is 2.45. The van der Waals surface area contributed by atoms with E-state index in [1.807, 2.05) is 0 Å². The number of aromatic nitrogens is 1. The van der Waals surface area contributed by atoms with Gasteiger partial charge in [0.2, 0.25) is 0 Å². The number of amides is 1. The summed E-state index contributed by atoms with van der Waals surface area (Å²) in [4.78, 5) is 24.7. The first kappa shape index (κ1) is 14.0. The van der Waals surface area contributed by atoms with Crippen molar-refractivity contribution in [1.82, 2.24) is 10.1 Å². The highest BCUT2D eigenvalue weighted by atomic mass is 16.5. The van der Waals surface area contributed by atoms with Crippen LogP contribution in [0.4, 0.5) is 4.79 Å². The average molecular weight is 281 g/mol. The monoisotopic (exact) mass is 281 g/mol. The third-order valence-electron chi connectivity index (χ3n) is 3.48. The van der Waals surface area contributed by atoms with Crippen LogP contribution in [0.2, 0.25) is 0 Å². The van der Waals surface area contributed by atoms with E-state index in [9.17, 15) is 9.59 Å². The lowest BCUT2D eigenvalue weighted by molar-refractivity contribution is 0.0810. The lowest BCUT2D eigenvalue weighted by Gasteiger charge is -2.36. The third-order valence-corrected chi connectivity index (χ3v) is 3.48. The lowest BCUT2D eigenvalue weighted by atomic mass is 9.84. The molecule has 0 aliphatic carbocycles. The van der Waals surface area contributed by atoms with Gasteiger partial charge in [-0.1, -0.05) is 10.3 Å². The minimum Gasteiger partial charge on any atom is -0.465 e. The zero-order valence-corrected chi connectivity index (χ0v) is 11.1. The van der Waals surface area contributed by atoms with Crippen LogP contribution in [0, 0.1) is 12.8 Å². The number of nitrogens with zero attached hydrogens (tertiary/aromatic N) is 3. The van der Waals surface area contributed by atoms with Crippen LogP contribution >= 0.6 is 0 Å². The molecule has 1 amide bonds. The van der Waals surface area contributed by atoms with Gasteiger partial charge >= 0.3 is 6.09 Å². The van der Waals surface area contributed by atoms with Crippen molar-refractivity contribution in [2.45, 2.75) is 26.3 Å². The molecule has 8 heteroatoms. The van der Waals surface area contributed by atoms with Gasteiger partial charge in [0.05, 0.1) is 11.6 Å². The first-order valence-electron chi connectivity index (χ1n) is 6.13. The highest BCUT2D eigenvalue weighted by molar-refractivity contribution is 6.12. The fourth-order valence-corrected chi connectivity index (χ4v) is 2.45. The molecular weight excluding hydrogens is 266 g/mol. The molecule has 0 spiro atoms. The summed E-state index contributed by atoms with van der Waals surface area (Å²) in [6.07, 6.45) is -0.899. The number of likely N-dealkylation sites (tertiary alicyclic amines) is 1. The summed E-state index contributed by atoms with van der Waals surface area (Å²) in [5, 5.41) is 24.9. The zero-order chi connectivity index (χ0) is 14.9. The standard InChI is InChI=1S/C12H15N3O5/c1-6-5-9(14-20-6)11(16)10-7(2)15(12(17)18)4-3-8(10)13-19/h5,7,10,19H,3-4H2,1-2H3,(H,17,18)/b13-8-/t7-,10?/m0/s1. The normalized spacial score (nSPS) is 24.9. The molecule has 1 fully saturated rings. The zero-order valence-electron chi connectivity index (χ0n) is 11.1. The predicted octanol–water partition coefficient (Wildman–Crippen LogP) is 1.38. The minimum atomic E-state index is -1.11. The first-order valence-corrected chi connectivity index (χ1v) is 6.13. The van der Waals surface area contributed by atoms with Crippen molar-refractivity contribution < 1.29 is 24.4 Å². The van der Waals surface area contributed by atoms with Crippen molar-refractivity contribution in [3.8, 4) is 0 Å². The van der Waals surface area contributed by atoms with Crippen LogP contribution in [-0.4, -0.2) is 50.5 Å². The number of Topliss-reactive ketones (excluding diaryl/α,β-unsaturated/α-hetero) is 1. The number of hydrogen-bond acceptors (Lipinski definition) is 6. The molecule has 1 aromatic heterocycles. The molecule has 1 unspecified atom stereocenters. The smallest absolute Gasteiger partial charge is 0.407 e. The molecule has 1 aliphatic heterocycles. The molecule has 2 rings (SSSR count). The summed E-state index contributed by atoms with van der Waals surface area (Å²) in [7, 11) is 0. The van der Waals surface area contributed by atoms with E-state index < -0.39 is 23.8 Å². The van der Waals surface area contributed by atoms with E-state index in [0.29, 0.717) is 5.76 Å². The molecule has 2 atom stereocenters. The minimum absolute atomic E-state index is 0.104. The van der Waals surface area contributed by atoms with Gasteiger partial charge in [0.1, 0.15) is 5.76 Å². The molecule has 1 aliphatic rings. The van der Waals surface area contributed by atoms with Crippen LogP contribution in [0.3, 0.4) is 0 Å². The molecule has 2 N–H and O–H groups in total. The van der Waals surface area contributed by atoms with Crippen molar-refractivity contribution in [1.29, 1.82) is 0 Å². The first-order chi connectivity index (χ1) is 9.45. The maximum absolute atomic E-state index is 12.4. The van der Waals surface area contributed by atoms with Crippen LogP contribution in [0.5, 0.6) is 0 Å². The van der Waals surface area contributed by atoms with Crippen molar-refractivity contribution in [3.05, 3.63) is 17.5 Å². The number of ketones is 1. The molecule has 1 aromatic rings. The third kappa shape index (κ3) is 2.36. The molecule has 20 heavy (non-hydrogen) atoms. The van der Waals surface area contributed by atoms with Gasteiger partial charge in [-0.25, -0.2) is 4.79 Å². The van der Waals surface area contributed by atoms with Gasteiger partial charge < -0.3 is 19.7 Å². The van der Waals surface area contributed by atoms with E-state index in [2.05, 4.69) is 10.3 Å². The van der Waals surface area contributed by atoms with E-state index in [0.717, 1.165) is 4.90 Å². The summed E-state index contributed by atoms with van der Waals surface area (Å²) in [6, 6.07) is 0.848. The van der Waals surface area contributed by atoms with E-state index >= 15 is 0 Å². The summed E-state index contributed by atoms with van der Waals surface area (Å²) >= 11 is 0. The van der Waals surface area contributed by atoms with Crippen LogP contribution in [0.25, 0.3) is 0 Å². The highest BCUT2D eigenvalue weighted by Crippen LogP contribution is 2.25. The average Bonchev–Trinajstić information content (AvgIpc) is 2.83. The van der Waals surface area contributed by atoms with Gasteiger partial charge in [0, 0.05) is 25.1 Å². The van der Waals surface area contributed by atoms with Crippen LogP contribution < -0.4 is 0 Å².